The lowest BCUT2D eigenvalue weighted by Gasteiger charge is -2.34. The number of carbonyl (C=O) groups excluding carboxylic acids is 2. The summed E-state index contributed by atoms with van der Waals surface area (Å²) in [5.74, 6) is -0.266. The molecule has 0 aliphatic carbocycles. The second kappa shape index (κ2) is 7.48. The van der Waals surface area contributed by atoms with Gasteiger partial charge in [0.05, 0.1) is 18.6 Å². The fraction of sp³-hybridized carbons (Fsp3) is 0.857. The fourth-order valence-corrected chi connectivity index (χ4v) is 2.34. The Morgan fingerprint density at radius 1 is 1.42 bits per heavy atom. The smallest absolute Gasteiger partial charge is 0.310 e. The Morgan fingerprint density at radius 3 is 2.68 bits per heavy atom. The van der Waals surface area contributed by atoms with E-state index in [4.69, 9.17) is 10.5 Å². The molecule has 110 valence electrons. The standard InChI is InChI=1S/C14H26N2O3/c1-4-10(3)12(15)13(17)16-8-6-7-11(9-16)14(18)19-5-2/h10-12H,4-9,15H2,1-3H3/t10-,11-,12-/m0/s1. The first-order valence-corrected chi connectivity index (χ1v) is 7.22. The topological polar surface area (TPSA) is 72.6 Å². The van der Waals surface area contributed by atoms with Gasteiger partial charge in [-0.15, -0.1) is 0 Å². The molecule has 0 aromatic heterocycles. The zero-order valence-electron chi connectivity index (χ0n) is 12.2. The van der Waals surface area contributed by atoms with E-state index >= 15 is 0 Å². The molecule has 5 nitrogen and oxygen atoms in total. The predicted molar refractivity (Wildman–Crippen MR) is 73.4 cm³/mol. The van der Waals surface area contributed by atoms with Crippen molar-refractivity contribution < 1.29 is 14.3 Å². The van der Waals surface area contributed by atoms with Crippen LogP contribution in [0.2, 0.25) is 0 Å². The summed E-state index contributed by atoms with van der Waals surface area (Å²) < 4.78 is 5.03. The first-order chi connectivity index (χ1) is 9.01. The van der Waals surface area contributed by atoms with Gasteiger partial charge >= 0.3 is 5.97 Å². The summed E-state index contributed by atoms with van der Waals surface area (Å²) in [6.45, 7) is 7.32. The Morgan fingerprint density at radius 2 is 2.11 bits per heavy atom. The number of likely N-dealkylation sites (tertiary alicyclic amines) is 1. The number of rotatable bonds is 5. The van der Waals surface area contributed by atoms with E-state index in [1.165, 1.54) is 0 Å². The van der Waals surface area contributed by atoms with Gasteiger partial charge in [-0.25, -0.2) is 0 Å². The first kappa shape index (κ1) is 16.0. The molecule has 1 saturated heterocycles. The number of ether oxygens (including phenoxy) is 1. The molecule has 1 aliphatic heterocycles. The summed E-state index contributed by atoms with van der Waals surface area (Å²) in [7, 11) is 0. The van der Waals surface area contributed by atoms with E-state index < -0.39 is 6.04 Å². The highest BCUT2D eigenvalue weighted by atomic mass is 16.5. The van der Waals surface area contributed by atoms with Gasteiger partial charge in [-0.1, -0.05) is 20.3 Å². The SMILES string of the molecule is CCOC(=O)[C@H]1CCCN(C(=O)[C@@H](N)[C@@H](C)CC)C1. The molecule has 0 aromatic rings. The molecule has 1 aliphatic rings. The van der Waals surface area contributed by atoms with E-state index in [2.05, 4.69) is 0 Å². The lowest BCUT2D eigenvalue weighted by Crippen LogP contribution is -2.51. The minimum Gasteiger partial charge on any atom is -0.466 e. The molecular formula is C14H26N2O3. The zero-order valence-corrected chi connectivity index (χ0v) is 12.2. The van der Waals surface area contributed by atoms with Crippen molar-refractivity contribution in [3.63, 3.8) is 0 Å². The highest BCUT2D eigenvalue weighted by Crippen LogP contribution is 2.20. The summed E-state index contributed by atoms with van der Waals surface area (Å²) in [6.07, 6.45) is 2.51. The molecule has 0 aromatic carbocycles. The van der Waals surface area contributed by atoms with E-state index in [0.29, 0.717) is 19.7 Å². The monoisotopic (exact) mass is 270 g/mol. The summed E-state index contributed by atoms with van der Waals surface area (Å²) in [4.78, 5) is 25.7. The van der Waals surface area contributed by atoms with Crippen LogP contribution in [0.3, 0.4) is 0 Å². The number of esters is 1. The Labute approximate surface area is 115 Å². The second-order valence-electron chi connectivity index (χ2n) is 5.29. The number of nitrogens with two attached hydrogens (primary N) is 1. The van der Waals surface area contributed by atoms with E-state index in [9.17, 15) is 9.59 Å². The summed E-state index contributed by atoms with van der Waals surface area (Å²) in [5.41, 5.74) is 5.97. The predicted octanol–water partition coefficient (Wildman–Crippen LogP) is 1.16. The van der Waals surface area contributed by atoms with Crippen LogP contribution in [0.25, 0.3) is 0 Å². The number of hydrogen-bond acceptors (Lipinski definition) is 4. The molecule has 2 N–H and O–H groups in total. The largest absolute Gasteiger partial charge is 0.466 e. The van der Waals surface area contributed by atoms with Crippen LogP contribution in [0.5, 0.6) is 0 Å². The Balaban J connectivity index is 2.59. The van der Waals surface area contributed by atoms with Gasteiger partial charge in [-0.05, 0) is 25.7 Å². The number of piperidine rings is 1. The lowest BCUT2D eigenvalue weighted by atomic mass is 9.94. The van der Waals surface area contributed by atoms with E-state index in [1.54, 1.807) is 11.8 Å². The molecule has 0 unspecified atom stereocenters. The molecule has 0 spiro atoms. The number of carbonyl (C=O) groups is 2. The molecule has 0 bridgehead atoms. The second-order valence-corrected chi connectivity index (χ2v) is 5.29. The van der Waals surface area contributed by atoms with Crippen molar-refractivity contribution in [1.82, 2.24) is 4.90 Å². The van der Waals surface area contributed by atoms with Gasteiger partial charge < -0.3 is 15.4 Å². The van der Waals surface area contributed by atoms with Gasteiger partial charge in [0.15, 0.2) is 0 Å². The molecule has 19 heavy (non-hydrogen) atoms. The van der Waals surface area contributed by atoms with E-state index in [1.807, 2.05) is 13.8 Å². The third kappa shape index (κ3) is 4.20. The van der Waals surface area contributed by atoms with Crippen molar-refractivity contribution in [3.05, 3.63) is 0 Å². The van der Waals surface area contributed by atoms with Crippen molar-refractivity contribution >= 4 is 11.9 Å². The van der Waals surface area contributed by atoms with Crippen LogP contribution in [0, 0.1) is 11.8 Å². The number of amides is 1. The molecule has 3 atom stereocenters. The molecule has 1 heterocycles. The Hall–Kier alpha value is -1.10. The van der Waals surface area contributed by atoms with Gasteiger partial charge in [0, 0.05) is 13.1 Å². The lowest BCUT2D eigenvalue weighted by molar-refractivity contribution is -0.151. The molecule has 0 radical (unpaired) electrons. The molecule has 1 rings (SSSR count). The maximum atomic E-state index is 12.3. The van der Waals surface area contributed by atoms with E-state index in [-0.39, 0.29) is 23.7 Å². The highest BCUT2D eigenvalue weighted by molar-refractivity contribution is 5.83. The van der Waals surface area contributed by atoms with Gasteiger partial charge in [0.1, 0.15) is 0 Å². The van der Waals surface area contributed by atoms with Gasteiger partial charge in [0.25, 0.3) is 0 Å². The van der Waals surface area contributed by atoms with Crippen LogP contribution in [0.4, 0.5) is 0 Å². The van der Waals surface area contributed by atoms with Gasteiger partial charge in [-0.2, -0.15) is 0 Å². The molecule has 5 heteroatoms. The highest BCUT2D eigenvalue weighted by Gasteiger charge is 2.32. The average Bonchev–Trinajstić information content (AvgIpc) is 2.45. The van der Waals surface area contributed by atoms with Crippen molar-refractivity contribution in [3.8, 4) is 0 Å². The van der Waals surface area contributed by atoms with E-state index in [0.717, 1.165) is 19.3 Å². The maximum absolute atomic E-state index is 12.3. The molecule has 0 saturated carbocycles. The maximum Gasteiger partial charge on any atom is 0.310 e. The Bertz CT molecular complexity index is 320. The normalized spacial score (nSPS) is 22.7. The summed E-state index contributed by atoms with van der Waals surface area (Å²) in [6, 6.07) is -0.467. The molecular weight excluding hydrogens is 244 g/mol. The zero-order chi connectivity index (χ0) is 14.4. The number of nitrogens with zero attached hydrogens (tertiary/aromatic N) is 1. The quantitative estimate of drug-likeness (QED) is 0.761. The minimum atomic E-state index is -0.467. The molecule has 1 fully saturated rings. The van der Waals surface area contributed by atoms with Crippen molar-refractivity contribution in [2.24, 2.45) is 17.6 Å². The van der Waals surface area contributed by atoms with Gasteiger partial charge in [-0.3, -0.25) is 9.59 Å². The van der Waals surface area contributed by atoms with Crippen LogP contribution >= 0.6 is 0 Å². The first-order valence-electron chi connectivity index (χ1n) is 7.22. The fourth-order valence-electron chi connectivity index (χ4n) is 2.34. The van der Waals surface area contributed by atoms with Crippen molar-refractivity contribution in [2.45, 2.75) is 46.1 Å². The van der Waals surface area contributed by atoms with Crippen LogP contribution in [0.15, 0.2) is 0 Å². The number of hydrogen-bond donors (Lipinski definition) is 1. The average molecular weight is 270 g/mol. The third-order valence-corrected chi connectivity index (χ3v) is 3.90. The Kier molecular flexibility index (Phi) is 6.28. The minimum absolute atomic E-state index is 0.0386. The summed E-state index contributed by atoms with van der Waals surface area (Å²) in [5, 5.41) is 0. The van der Waals surface area contributed by atoms with Gasteiger partial charge in [0.2, 0.25) is 5.91 Å². The van der Waals surface area contributed by atoms with Crippen molar-refractivity contribution in [1.29, 1.82) is 0 Å². The van der Waals surface area contributed by atoms with Crippen molar-refractivity contribution in [2.75, 3.05) is 19.7 Å². The summed E-state index contributed by atoms with van der Waals surface area (Å²) >= 11 is 0. The molecule has 1 amide bonds. The van der Waals surface area contributed by atoms with Crippen LogP contribution in [-0.2, 0) is 14.3 Å². The van der Waals surface area contributed by atoms with Crippen LogP contribution < -0.4 is 5.73 Å². The van der Waals surface area contributed by atoms with Crippen LogP contribution in [0.1, 0.15) is 40.0 Å². The van der Waals surface area contributed by atoms with Crippen LogP contribution in [-0.4, -0.2) is 42.5 Å². The third-order valence-electron chi connectivity index (χ3n) is 3.90.